The predicted molar refractivity (Wildman–Crippen MR) is 65.6 cm³/mol. The molecule has 0 aliphatic rings. The van der Waals surface area contributed by atoms with Crippen LogP contribution in [0.15, 0.2) is 6.20 Å². The van der Waals surface area contributed by atoms with Crippen molar-refractivity contribution in [2.75, 3.05) is 6.61 Å². The van der Waals surface area contributed by atoms with Crippen LogP contribution in [0.25, 0.3) is 0 Å². The van der Waals surface area contributed by atoms with Crippen LogP contribution in [0, 0.1) is 0 Å². The lowest BCUT2D eigenvalue weighted by atomic mass is 10.1. The van der Waals surface area contributed by atoms with Gasteiger partial charge in [0.15, 0.2) is 11.5 Å². The van der Waals surface area contributed by atoms with Crippen LogP contribution in [0.1, 0.15) is 18.2 Å². The molecule has 0 aromatic carbocycles. The number of pyridine rings is 1. The van der Waals surface area contributed by atoms with Gasteiger partial charge in [-0.2, -0.15) is 0 Å². The molecule has 1 aromatic heterocycles. The van der Waals surface area contributed by atoms with E-state index in [1.807, 2.05) is 0 Å². The Balaban J connectivity index is 3.14. The molecule has 1 aromatic rings. The van der Waals surface area contributed by atoms with Crippen LogP contribution in [-0.2, 0) is 21.3 Å². The molecule has 0 radical (unpaired) electrons. The number of carbonyl (C=O) groups is 1. The van der Waals surface area contributed by atoms with Crippen molar-refractivity contribution in [3.05, 3.63) is 17.5 Å². The highest BCUT2D eigenvalue weighted by Gasteiger charge is 2.34. The van der Waals surface area contributed by atoms with Crippen molar-refractivity contribution < 1.29 is 32.5 Å². The average Bonchev–Trinajstić information content (AvgIpc) is 2.32. The maximum absolute atomic E-state index is 12.3. The highest BCUT2D eigenvalue weighted by atomic mass is 79.9. The minimum atomic E-state index is -4.96. The van der Waals surface area contributed by atoms with Gasteiger partial charge in [0, 0.05) is 10.9 Å². The summed E-state index contributed by atoms with van der Waals surface area (Å²) in [6.45, 7) is 1.75. The molecule has 0 bridgehead atoms. The van der Waals surface area contributed by atoms with E-state index in [-0.39, 0.29) is 29.6 Å². The Hall–Kier alpha value is -1.51. The van der Waals surface area contributed by atoms with Gasteiger partial charge < -0.3 is 14.6 Å². The number of carbonyl (C=O) groups excluding carboxylic acids is 1. The van der Waals surface area contributed by atoms with Crippen molar-refractivity contribution >= 4 is 21.9 Å². The number of ether oxygens (including phenoxy) is 2. The zero-order chi connectivity index (χ0) is 15.3. The van der Waals surface area contributed by atoms with Gasteiger partial charge in [0.2, 0.25) is 0 Å². The minimum Gasteiger partial charge on any atom is -0.503 e. The SMILES string of the molecule is CCOC(=O)Cc1ncc(O)c(OC(F)(F)F)c1CBr. The summed E-state index contributed by atoms with van der Waals surface area (Å²) >= 11 is 2.98. The van der Waals surface area contributed by atoms with Crippen molar-refractivity contribution in [2.24, 2.45) is 0 Å². The van der Waals surface area contributed by atoms with E-state index in [4.69, 9.17) is 4.74 Å². The highest BCUT2D eigenvalue weighted by molar-refractivity contribution is 9.08. The average molecular weight is 358 g/mol. The van der Waals surface area contributed by atoms with Gasteiger partial charge in [-0.15, -0.1) is 13.2 Å². The van der Waals surface area contributed by atoms with Gasteiger partial charge in [-0.1, -0.05) is 15.9 Å². The third kappa shape index (κ3) is 4.55. The first kappa shape index (κ1) is 16.5. The predicted octanol–water partition coefficient (Wildman–Crippen LogP) is 2.69. The van der Waals surface area contributed by atoms with Gasteiger partial charge in [0.1, 0.15) is 0 Å². The molecule has 5 nitrogen and oxygen atoms in total. The summed E-state index contributed by atoms with van der Waals surface area (Å²) in [6, 6.07) is 0. The molecule has 0 unspecified atom stereocenters. The Bertz CT molecular complexity index is 493. The molecule has 20 heavy (non-hydrogen) atoms. The van der Waals surface area contributed by atoms with Crippen LogP contribution in [0.4, 0.5) is 13.2 Å². The van der Waals surface area contributed by atoms with Crippen molar-refractivity contribution in [1.29, 1.82) is 0 Å². The Morgan fingerprint density at radius 2 is 2.15 bits per heavy atom. The smallest absolute Gasteiger partial charge is 0.503 e. The minimum absolute atomic E-state index is 0.0392. The molecular formula is C11H11BrF3NO4. The zero-order valence-corrected chi connectivity index (χ0v) is 11.9. The van der Waals surface area contributed by atoms with E-state index < -0.39 is 23.8 Å². The van der Waals surface area contributed by atoms with E-state index in [2.05, 4.69) is 25.7 Å². The van der Waals surface area contributed by atoms with Gasteiger partial charge in [-0.3, -0.25) is 9.78 Å². The fraction of sp³-hybridized carbons (Fsp3) is 0.455. The molecule has 0 aliphatic heterocycles. The number of halogens is 4. The molecule has 0 saturated heterocycles. The molecule has 9 heteroatoms. The highest BCUT2D eigenvalue weighted by Crippen LogP contribution is 2.37. The second-order valence-electron chi connectivity index (χ2n) is 3.56. The standard InChI is InChI=1S/C11H11BrF3NO4/c1-2-19-9(18)3-7-6(4-12)10(8(17)5-16-7)20-11(13,14)15/h5,17H,2-4H2,1H3. The van der Waals surface area contributed by atoms with Gasteiger partial charge >= 0.3 is 12.3 Å². The summed E-state index contributed by atoms with van der Waals surface area (Å²) < 4.78 is 45.3. The number of aromatic nitrogens is 1. The second kappa shape index (κ2) is 6.78. The second-order valence-corrected chi connectivity index (χ2v) is 4.12. The third-order valence-corrected chi connectivity index (χ3v) is 2.73. The molecule has 1 N–H and O–H groups in total. The Morgan fingerprint density at radius 3 is 2.65 bits per heavy atom. The molecule has 0 spiro atoms. The molecule has 112 valence electrons. The van der Waals surface area contributed by atoms with Crippen molar-refractivity contribution in [3.8, 4) is 11.5 Å². The molecule has 1 heterocycles. The maximum Gasteiger partial charge on any atom is 0.573 e. The summed E-state index contributed by atoms with van der Waals surface area (Å²) in [5.74, 6) is -2.17. The van der Waals surface area contributed by atoms with Crippen LogP contribution in [0.5, 0.6) is 11.5 Å². The zero-order valence-electron chi connectivity index (χ0n) is 10.3. The molecular weight excluding hydrogens is 347 g/mol. The summed E-state index contributed by atoms with van der Waals surface area (Å²) in [6.07, 6.45) is -4.48. The van der Waals surface area contributed by atoms with Gasteiger partial charge in [0.25, 0.3) is 0 Å². The van der Waals surface area contributed by atoms with Crippen molar-refractivity contribution in [1.82, 2.24) is 4.98 Å². The van der Waals surface area contributed by atoms with Crippen molar-refractivity contribution in [3.63, 3.8) is 0 Å². The van der Waals surface area contributed by atoms with Gasteiger partial charge in [0.05, 0.1) is 24.9 Å². The molecule has 0 aliphatic carbocycles. The van der Waals surface area contributed by atoms with Crippen LogP contribution < -0.4 is 4.74 Å². The molecule has 0 amide bonds. The van der Waals surface area contributed by atoms with E-state index >= 15 is 0 Å². The normalized spacial score (nSPS) is 11.2. The van der Waals surface area contributed by atoms with Crippen LogP contribution >= 0.6 is 15.9 Å². The van der Waals surface area contributed by atoms with Crippen LogP contribution in [0.2, 0.25) is 0 Å². The Kier molecular flexibility index (Phi) is 5.61. The number of rotatable bonds is 5. The van der Waals surface area contributed by atoms with Gasteiger partial charge in [-0.05, 0) is 6.92 Å². The topological polar surface area (TPSA) is 68.7 Å². The largest absolute Gasteiger partial charge is 0.573 e. The Labute approximate surface area is 120 Å². The van der Waals surface area contributed by atoms with E-state index in [0.717, 1.165) is 6.20 Å². The monoisotopic (exact) mass is 357 g/mol. The number of aromatic hydroxyl groups is 1. The quantitative estimate of drug-likeness (QED) is 0.648. The summed E-state index contributed by atoms with van der Waals surface area (Å²) in [4.78, 5) is 15.1. The first-order valence-electron chi connectivity index (χ1n) is 5.45. The van der Waals surface area contributed by atoms with E-state index in [1.165, 1.54) is 0 Å². The van der Waals surface area contributed by atoms with E-state index in [0.29, 0.717) is 0 Å². The summed E-state index contributed by atoms with van der Waals surface area (Å²) in [7, 11) is 0. The molecule has 0 saturated carbocycles. The number of nitrogens with zero attached hydrogens (tertiary/aromatic N) is 1. The molecule has 0 fully saturated rings. The third-order valence-electron chi connectivity index (χ3n) is 2.17. The lowest BCUT2D eigenvalue weighted by Crippen LogP contribution is -2.19. The Morgan fingerprint density at radius 1 is 1.50 bits per heavy atom. The van der Waals surface area contributed by atoms with Crippen LogP contribution in [0.3, 0.4) is 0 Å². The lowest BCUT2D eigenvalue weighted by molar-refractivity contribution is -0.275. The fourth-order valence-corrected chi connectivity index (χ4v) is 2.01. The number of hydrogen-bond acceptors (Lipinski definition) is 5. The maximum atomic E-state index is 12.3. The molecule has 0 atom stereocenters. The van der Waals surface area contributed by atoms with Crippen LogP contribution in [-0.4, -0.2) is 29.0 Å². The fourth-order valence-electron chi connectivity index (χ4n) is 1.43. The van der Waals surface area contributed by atoms with Gasteiger partial charge in [-0.25, -0.2) is 0 Å². The van der Waals surface area contributed by atoms with Crippen molar-refractivity contribution in [2.45, 2.75) is 25.0 Å². The number of hydrogen-bond donors (Lipinski definition) is 1. The van der Waals surface area contributed by atoms with E-state index in [1.54, 1.807) is 6.92 Å². The first-order valence-corrected chi connectivity index (χ1v) is 6.57. The number of esters is 1. The summed E-state index contributed by atoms with van der Waals surface area (Å²) in [5, 5.41) is 9.35. The first-order chi connectivity index (χ1) is 9.28. The number of alkyl halides is 4. The lowest BCUT2D eigenvalue weighted by Gasteiger charge is -2.15. The molecule has 1 rings (SSSR count). The van der Waals surface area contributed by atoms with E-state index in [9.17, 15) is 23.1 Å². The summed E-state index contributed by atoms with van der Waals surface area (Å²) in [5.41, 5.74) is -0.0206.